The molecule has 0 saturated carbocycles. The van der Waals surface area contributed by atoms with Crippen molar-refractivity contribution in [3.05, 3.63) is 34.5 Å². The second kappa shape index (κ2) is 6.25. The summed E-state index contributed by atoms with van der Waals surface area (Å²) < 4.78 is 4.77. The van der Waals surface area contributed by atoms with Crippen LogP contribution in [0.2, 0.25) is 0 Å². The molecule has 0 bridgehead atoms. The van der Waals surface area contributed by atoms with E-state index in [-0.39, 0.29) is 0 Å². The molecule has 1 atom stereocenters. The Bertz CT molecular complexity index is 681. The zero-order valence-electron chi connectivity index (χ0n) is 12.5. The predicted molar refractivity (Wildman–Crippen MR) is 90.2 cm³/mol. The molecule has 0 aliphatic rings. The Kier molecular flexibility index (Phi) is 4.37. The molecule has 0 aliphatic carbocycles. The van der Waals surface area contributed by atoms with E-state index in [2.05, 4.69) is 53.7 Å². The van der Waals surface area contributed by atoms with Crippen molar-refractivity contribution in [1.82, 2.24) is 20.1 Å². The summed E-state index contributed by atoms with van der Waals surface area (Å²) in [6.07, 6.45) is 2.53. The molecule has 112 valence electrons. The van der Waals surface area contributed by atoms with Crippen LogP contribution in [0.4, 0.5) is 0 Å². The number of likely N-dealkylation sites (N-methyl/N-ethyl adjacent to an activating group) is 1. The molecule has 3 aromatic heterocycles. The van der Waals surface area contributed by atoms with Gasteiger partial charge in [0, 0.05) is 32.8 Å². The Morgan fingerprint density at radius 1 is 1.33 bits per heavy atom. The minimum Gasteiger partial charge on any atom is -0.309 e. The average Bonchev–Trinajstić information content (AvgIpc) is 3.12. The van der Waals surface area contributed by atoms with Gasteiger partial charge in [-0.05, 0) is 37.9 Å². The zero-order valence-corrected chi connectivity index (χ0v) is 14.2. The van der Waals surface area contributed by atoms with E-state index in [1.54, 1.807) is 6.33 Å². The molecule has 0 spiro atoms. The van der Waals surface area contributed by atoms with Gasteiger partial charge >= 0.3 is 0 Å². The highest BCUT2D eigenvalue weighted by Gasteiger charge is 2.18. The smallest absolute Gasteiger partial charge is 0.138 e. The molecular formula is C15H20N4S2. The van der Waals surface area contributed by atoms with Gasteiger partial charge in [-0.25, -0.2) is 9.67 Å². The molecule has 1 unspecified atom stereocenters. The van der Waals surface area contributed by atoms with Crippen LogP contribution in [-0.4, -0.2) is 21.3 Å². The maximum atomic E-state index is 4.45. The second-order valence-electron chi connectivity index (χ2n) is 5.33. The number of aromatic nitrogens is 3. The van der Waals surface area contributed by atoms with Crippen molar-refractivity contribution in [2.45, 2.75) is 39.3 Å². The van der Waals surface area contributed by atoms with Gasteiger partial charge in [0.2, 0.25) is 0 Å². The van der Waals surface area contributed by atoms with Crippen LogP contribution in [0.5, 0.6) is 0 Å². The summed E-state index contributed by atoms with van der Waals surface area (Å²) in [6, 6.07) is 5.17. The van der Waals surface area contributed by atoms with E-state index >= 15 is 0 Å². The molecular weight excluding hydrogens is 300 g/mol. The Balaban J connectivity index is 1.87. The first-order valence-electron chi connectivity index (χ1n) is 7.27. The summed E-state index contributed by atoms with van der Waals surface area (Å²) in [5, 5.41) is 10.1. The first-order chi connectivity index (χ1) is 10.2. The van der Waals surface area contributed by atoms with Gasteiger partial charge < -0.3 is 5.32 Å². The van der Waals surface area contributed by atoms with E-state index in [0.717, 1.165) is 18.8 Å². The van der Waals surface area contributed by atoms with Gasteiger partial charge in [-0.15, -0.1) is 22.7 Å². The summed E-state index contributed by atoms with van der Waals surface area (Å²) in [5.74, 6) is 1.05. The number of hydrogen-bond donors (Lipinski definition) is 1. The second-order valence-corrected chi connectivity index (χ2v) is 7.39. The molecule has 1 N–H and O–H groups in total. The van der Waals surface area contributed by atoms with Gasteiger partial charge in [0.05, 0.1) is 0 Å². The first-order valence-corrected chi connectivity index (χ1v) is 8.97. The summed E-state index contributed by atoms with van der Waals surface area (Å²) in [6.45, 7) is 7.38. The molecule has 4 nitrogen and oxygen atoms in total. The molecule has 3 rings (SSSR count). The Hall–Kier alpha value is -1.24. The van der Waals surface area contributed by atoms with Crippen LogP contribution >= 0.6 is 22.7 Å². The first kappa shape index (κ1) is 14.7. The van der Waals surface area contributed by atoms with Crippen LogP contribution in [0.3, 0.4) is 0 Å². The lowest BCUT2D eigenvalue weighted by Gasteiger charge is -2.17. The third-order valence-electron chi connectivity index (χ3n) is 3.48. The van der Waals surface area contributed by atoms with Crippen molar-refractivity contribution in [2.24, 2.45) is 0 Å². The lowest BCUT2D eigenvalue weighted by molar-refractivity contribution is 0.471. The highest BCUT2D eigenvalue weighted by atomic mass is 32.1. The molecule has 0 amide bonds. The molecule has 6 heteroatoms. The van der Waals surface area contributed by atoms with Crippen LogP contribution in [-0.2, 0) is 6.42 Å². The van der Waals surface area contributed by atoms with E-state index in [1.165, 1.54) is 14.3 Å². The minimum atomic E-state index is 0.307. The largest absolute Gasteiger partial charge is 0.309 e. The molecule has 0 saturated heterocycles. The van der Waals surface area contributed by atoms with E-state index in [1.807, 2.05) is 27.4 Å². The van der Waals surface area contributed by atoms with Gasteiger partial charge in [0.1, 0.15) is 12.2 Å². The van der Waals surface area contributed by atoms with Crippen molar-refractivity contribution in [3.8, 4) is 0 Å². The van der Waals surface area contributed by atoms with E-state index < -0.39 is 0 Å². The van der Waals surface area contributed by atoms with Gasteiger partial charge in [0.15, 0.2) is 0 Å². The number of nitrogens with zero attached hydrogens (tertiary/aromatic N) is 3. The maximum absolute atomic E-state index is 4.45. The fourth-order valence-corrected chi connectivity index (χ4v) is 4.71. The maximum Gasteiger partial charge on any atom is 0.138 e. The molecule has 3 aromatic rings. The summed E-state index contributed by atoms with van der Waals surface area (Å²) in [4.78, 5) is 5.83. The highest BCUT2D eigenvalue weighted by molar-refractivity contribution is 7.26. The van der Waals surface area contributed by atoms with E-state index in [4.69, 9.17) is 0 Å². The Labute approximate surface area is 132 Å². The van der Waals surface area contributed by atoms with Crippen LogP contribution < -0.4 is 5.32 Å². The number of thiophene rings is 2. The molecule has 0 aliphatic heterocycles. The lowest BCUT2D eigenvalue weighted by Crippen LogP contribution is -2.24. The van der Waals surface area contributed by atoms with Gasteiger partial charge in [-0.2, -0.15) is 5.10 Å². The summed E-state index contributed by atoms with van der Waals surface area (Å²) in [5.41, 5.74) is 0. The zero-order chi connectivity index (χ0) is 14.8. The van der Waals surface area contributed by atoms with Crippen molar-refractivity contribution >= 4 is 32.1 Å². The molecule has 0 radical (unpaired) electrons. The highest BCUT2D eigenvalue weighted by Crippen LogP contribution is 2.34. The third-order valence-corrected chi connectivity index (χ3v) is 5.68. The SMILES string of the molecule is CCNC(Cc1ncnn1C(C)C)c1cc2sccc2s1. The van der Waals surface area contributed by atoms with Crippen molar-refractivity contribution in [1.29, 1.82) is 0 Å². The van der Waals surface area contributed by atoms with Crippen molar-refractivity contribution < 1.29 is 0 Å². The normalized spacial score (nSPS) is 13.3. The van der Waals surface area contributed by atoms with Crippen molar-refractivity contribution in [2.75, 3.05) is 6.54 Å². The number of fused-ring (bicyclic) bond motifs is 1. The Morgan fingerprint density at radius 3 is 2.90 bits per heavy atom. The fourth-order valence-electron chi connectivity index (χ4n) is 2.51. The molecule has 3 heterocycles. The van der Waals surface area contributed by atoms with Crippen molar-refractivity contribution in [3.63, 3.8) is 0 Å². The molecule has 21 heavy (non-hydrogen) atoms. The number of rotatable bonds is 6. The van der Waals surface area contributed by atoms with Crippen LogP contribution in [0, 0.1) is 0 Å². The Morgan fingerprint density at radius 2 is 2.19 bits per heavy atom. The van der Waals surface area contributed by atoms with Gasteiger partial charge in [-0.1, -0.05) is 6.92 Å². The van der Waals surface area contributed by atoms with Crippen LogP contribution in [0.15, 0.2) is 23.8 Å². The fraction of sp³-hybridized carbons (Fsp3) is 0.467. The van der Waals surface area contributed by atoms with E-state index in [0.29, 0.717) is 12.1 Å². The van der Waals surface area contributed by atoms with Crippen LogP contribution in [0.25, 0.3) is 9.40 Å². The predicted octanol–water partition coefficient (Wildman–Crippen LogP) is 4.03. The molecule has 0 aromatic carbocycles. The lowest BCUT2D eigenvalue weighted by atomic mass is 10.1. The van der Waals surface area contributed by atoms with Gasteiger partial charge in [-0.3, -0.25) is 0 Å². The summed E-state index contributed by atoms with van der Waals surface area (Å²) >= 11 is 3.69. The van der Waals surface area contributed by atoms with E-state index in [9.17, 15) is 0 Å². The van der Waals surface area contributed by atoms with Gasteiger partial charge in [0.25, 0.3) is 0 Å². The minimum absolute atomic E-state index is 0.307. The third kappa shape index (κ3) is 3.02. The topological polar surface area (TPSA) is 42.7 Å². The monoisotopic (exact) mass is 320 g/mol. The number of hydrogen-bond acceptors (Lipinski definition) is 5. The van der Waals surface area contributed by atoms with Crippen LogP contribution in [0.1, 0.15) is 43.6 Å². The summed E-state index contributed by atoms with van der Waals surface area (Å²) in [7, 11) is 0. The average molecular weight is 320 g/mol. The standard InChI is InChI=1S/C15H20N4S2/c1-4-16-11(7-15-17-9-18-19(15)10(2)3)13-8-14-12(21-13)5-6-20-14/h5-6,8-11,16H,4,7H2,1-3H3. The molecule has 0 fully saturated rings. The number of nitrogens with one attached hydrogen (secondary N) is 1. The quantitative estimate of drug-likeness (QED) is 0.745.